The number of esters is 1. The van der Waals surface area contributed by atoms with E-state index in [9.17, 15) is 4.79 Å². The summed E-state index contributed by atoms with van der Waals surface area (Å²) in [6, 6.07) is 0. The van der Waals surface area contributed by atoms with Crippen LogP contribution in [0.3, 0.4) is 0 Å². The molecule has 0 saturated heterocycles. The first kappa shape index (κ1) is 10.6. The highest BCUT2D eigenvalue weighted by Crippen LogP contribution is 2.24. The van der Waals surface area contributed by atoms with Gasteiger partial charge >= 0.3 is 5.97 Å². The van der Waals surface area contributed by atoms with Crippen molar-refractivity contribution in [2.45, 2.75) is 6.61 Å². The van der Waals surface area contributed by atoms with E-state index < -0.39 is 5.97 Å². The lowest BCUT2D eigenvalue weighted by Gasteiger charge is -1.97. The maximum atomic E-state index is 11.2. The van der Waals surface area contributed by atoms with E-state index in [1.54, 1.807) is 7.11 Å². The summed E-state index contributed by atoms with van der Waals surface area (Å²) in [6.45, 7) is 0.369. The average Bonchev–Trinajstić information content (AvgIpc) is 2.46. The van der Waals surface area contributed by atoms with E-state index in [2.05, 4.69) is 25.7 Å². The highest BCUT2D eigenvalue weighted by molar-refractivity contribution is 9.11. The van der Waals surface area contributed by atoms with Crippen LogP contribution < -0.4 is 0 Å². The highest BCUT2D eigenvalue weighted by atomic mass is 79.9. The minimum Gasteiger partial charge on any atom is -0.464 e. The summed E-state index contributed by atoms with van der Waals surface area (Å²) in [5.41, 5.74) is 0.321. The van der Waals surface area contributed by atoms with Crippen molar-refractivity contribution < 1.29 is 14.3 Å². The third-order valence-electron chi connectivity index (χ3n) is 1.33. The molecule has 1 heterocycles. The van der Waals surface area contributed by atoms with Gasteiger partial charge in [-0.25, -0.2) is 9.78 Å². The Morgan fingerprint density at radius 1 is 1.62 bits per heavy atom. The number of hydrogen-bond acceptors (Lipinski definition) is 5. The predicted octanol–water partition coefficient (Wildman–Crippen LogP) is 1.84. The van der Waals surface area contributed by atoms with Crippen LogP contribution in [0.25, 0.3) is 0 Å². The molecule has 0 amide bonds. The van der Waals surface area contributed by atoms with E-state index in [1.165, 1.54) is 18.4 Å². The van der Waals surface area contributed by atoms with Gasteiger partial charge in [-0.05, 0) is 15.9 Å². The molecule has 0 atom stereocenters. The first-order valence-corrected chi connectivity index (χ1v) is 5.02. The van der Waals surface area contributed by atoms with Gasteiger partial charge in [0.25, 0.3) is 0 Å². The van der Waals surface area contributed by atoms with Crippen molar-refractivity contribution in [3.05, 3.63) is 14.5 Å². The average molecular weight is 266 g/mol. The molecule has 0 aliphatic carbocycles. The summed E-state index contributed by atoms with van der Waals surface area (Å²) in [4.78, 5) is 15.9. The summed E-state index contributed by atoms with van der Waals surface area (Å²) >= 11 is 4.56. The molecular formula is C7H8BrNO3S. The van der Waals surface area contributed by atoms with Crippen molar-refractivity contribution in [1.29, 1.82) is 0 Å². The summed E-state index contributed by atoms with van der Waals surface area (Å²) in [5.74, 6) is -0.436. The number of methoxy groups -OCH3 is 2. The number of ether oxygens (including phenoxy) is 2. The van der Waals surface area contributed by atoms with Crippen molar-refractivity contribution in [1.82, 2.24) is 4.98 Å². The zero-order valence-corrected chi connectivity index (χ0v) is 9.57. The van der Waals surface area contributed by atoms with Crippen molar-refractivity contribution in [3.8, 4) is 0 Å². The van der Waals surface area contributed by atoms with Gasteiger partial charge in [0, 0.05) is 7.11 Å². The van der Waals surface area contributed by atoms with Crippen LogP contribution in [-0.4, -0.2) is 25.2 Å². The van der Waals surface area contributed by atoms with Crippen LogP contribution in [0.1, 0.15) is 15.4 Å². The molecule has 6 heteroatoms. The van der Waals surface area contributed by atoms with E-state index in [0.29, 0.717) is 16.2 Å². The van der Waals surface area contributed by atoms with Gasteiger partial charge in [0.1, 0.15) is 0 Å². The van der Waals surface area contributed by atoms with Crippen molar-refractivity contribution in [2.75, 3.05) is 14.2 Å². The van der Waals surface area contributed by atoms with Crippen molar-refractivity contribution >= 4 is 33.2 Å². The molecule has 0 saturated carbocycles. The molecule has 0 unspecified atom stereocenters. The van der Waals surface area contributed by atoms with E-state index in [4.69, 9.17) is 4.74 Å². The van der Waals surface area contributed by atoms with Crippen molar-refractivity contribution in [3.63, 3.8) is 0 Å². The van der Waals surface area contributed by atoms with Gasteiger partial charge in [0.05, 0.1) is 18.6 Å². The molecule has 72 valence electrons. The summed E-state index contributed by atoms with van der Waals surface area (Å²) in [5, 5.41) is 0. The number of aromatic nitrogens is 1. The molecule has 0 N–H and O–H groups in total. The Labute approximate surface area is 88.0 Å². The zero-order valence-electron chi connectivity index (χ0n) is 7.17. The Balaban J connectivity index is 2.96. The number of rotatable bonds is 3. The van der Waals surface area contributed by atoms with Gasteiger partial charge in [-0.2, -0.15) is 0 Å². The molecule has 1 aromatic rings. The van der Waals surface area contributed by atoms with Crippen LogP contribution in [0, 0.1) is 0 Å². The first-order valence-electron chi connectivity index (χ1n) is 3.41. The van der Waals surface area contributed by atoms with Gasteiger partial charge in [0.2, 0.25) is 0 Å². The molecule has 4 nitrogen and oxygen atoms in total. The molecule has 13 heavy (non-hydrogen) atoms. The van der Waals surface area contributed by atoms with Gasteiger partial charge in [0.15, 0.2) is 9.61 Å². The maximum absolute atomic E-state index is 11.2. The molecule has 1 rings (SSSR count). The van der Waals surface area contributed by atoms with Crippen molar-refractivity contribution in [2.24, 2.45) is 0 Å². The Kier molecular flexibility index (Phi) is 3.83. The first-order chi connectivity index (χ1) is 6.19. The van der Waals surface area contributed by atoms with Gasteiger partial charge in [-0.1, -0.05) is 0 Å². The lowest BCUT2D eigenvalue weighted by atomic mass is 10.4. The molecule has 0 aromatic carbocycles. The molecule has 0 spiro atoms. The third kappa shape index (κ3) is 2.49. The molecule has 0 aliphatic rings. The molecule has 1 aromatic heterocycles. The van der Waals surface area contributed by atoms with E-state index in [0.717, 1.165) is 4.88 Å². The summed E-state index contributed by atoms with van der Waals surface area (Å²) in [6.07, 6.45) is 0. The number of carbonyl (C=O) groups excluding carboxylic acids is 1. The Morgan fingerprint density at radius 3 is 2.85 bits per heavy atom. The summed E-state index contributed by atoms with van der Waals surface area (Å²) in [7, 11) is 2.89. The molecule has 0 aliphatic heterocycles. The fourth-order valence-corrected chi connectivity index (χ4v) is 2.31. The Hall–Kier alpha value is -0.460. The topological polar surface area (TPSA) is 48.4 Å². The van der Waals surface area contributed by atoms with E-state index in [1.807, 2.05) is 0 Å². The monoisotopic (exact) mass is 265 g/mol. The SMILES string of the molecule is COCc1sc(Br)nc1C(=O)OC. The number of nitrogens with zero attached hydrogens (tertiary/aromatic N) is 1. The summed E-state index contributed by atoms with van der Waals surface area (Å²) < 4.78 is 10.1. The number of thiazole rings is 1. The highest BCUT2D eigenvalue weighted by Gasteiger charge is 2.17. The Bertz CT molecular complexity index is 313. The molecule has 0 bridgehead atoms. The second kappa shape index (κ2) is 4.69. The van der Waals surface area contributed by atoms with Gasteiger partial charge < -0.3 is 9.47 Å². The number of hydrogen-bond donors (Lipinski definition) is 0. The number of carbonyl (C=O) groups is 1. The standard InChI is InChI=1S/C7H8BrNO3S/c1-11-3-4-5(6(10)12-2)9-7(8)13-4/h3H2,1-2H3. The zero-order chi connectivity index (χ0) is 9.84. The largest absolute Gasteiger partial charge is 0.464 e. The normalized spacial score (nSPS) is 10.1. The molecule has 0 radical (unpaired) electrons. The minimum atomic E-state index is -0.436. The Morgan fingerprint density at radius 2 is 2.31 bits per heavy atom. The predicted molar refractivity (Wildman–Crippen MR) is 51.9 cm³/mol. The number of halogens is 1. The fourth-order valence-electron chi connectivity index (χ4n) is 0.808. The third-order valence-corrected chi connectivity index (χ3v) is 2.81. The fraction of sp³-hybridized carbons (Fsp3) is 0.429. The maximum Gasteiger partial charge on any atom is 0.357 e. The second-order valence-electron chi connectivity index (χ2n) is 2.16. The smallest absolute Gasteiger partial charge is 0.357 e. The lowest BCUT2D eigenvalue weighted by molar-refractivity contribution is 0.0590. The van der Waals surface area contributed by atoms with Crippen LogP contribution in [0.4, 0.5) is 0 Å². The quantitative estimate of drug-likeness (QED) is 0.783. The van der Waals surface area contributed by atoms with Crippen LogP contribution in [-0.2, 0) is 16.1 Å². The second-order valence-corrected chi connectivity index (χ2v) is 4.52. The van der Waals surface area contributed by atoms with Gasteiger partial charge in [-0.3, -0.25) is 0 Å². The van der Waals surface area contributed by atoms with Gasteiger partial charge in [-0.15, -0.1) is 11.3 Å². The van der Waals surface area contributed by atoms with Crippen LogP contribution in [0.5, 0.6) is 0 Å². The van der Waals surface area contributed by atoms with Crippen LogP contribution in [0.15, 0.2) is 3.92 Å². The molecule has 0 fully saturated rings. The van der Waals surface area contributed by atoms with E-state index in [-0.39, 0.29) is 0 Å². The van der Waals surface area contributed by atoms with Crippen LogP contribution >= 0.6 is 27.3 Å². The lowest BCUT2D eigenvalue weighted by Crippen LogP contribution is -2.05. The molecular weight excluding hydrogens is 258 g/mol. The van der Waals surface area contributed by atoms with E-state index >= 15 is 0 Å². The minimum absolute atomic E-state index is 0.321. The van der Waals surface area contributed by atoms with Crippen LogP contribution in [0.2, 0.25) is 0 Å².